The molecule has 1 aromatic heterocycles. The molecule has 2 rings (SSSR count). The average Bonchev–Trinajstić information content (AvgIpc) is 2.51. The Morgan fingerprint density at radius 1 is 1.23 bits per heavy atom. The Hall–Kier alpha value is -1.83. The summed E-state index contributed by atoms with van der Waals surface area (Å²) in [4.78, 5) is 16.6. The fourth-order valence-corrected chi connectivity index (χ4v) is 3.11. The Morgan fingerprint density at radius 2 is 1.86 bits per heavy atom. The number of benzene rings is 1. The Labute approximate surface area is 139 Å². The van der Waals surface area contributed by atoms with Crippen LogP contribution >= 0.6 is 23.4 Å². The van der Waals surface area contributed by atoms with Crippen LogP contribution in [0.2, 0.25) is 5.02 Å². The van der Waals surface area contributed by atoms with E-state index in [0.717, 1.165) is 16.8 Å². The van der Waals surface area contributed by atoms with Crippen molar-refractivity contribution in [1.82, 2.24) is 4.98 Å². The van der Waals surface area contributed by atoms with Crippen LogP contribution < -0.4 is 0 Å². The summed E-state index contributed by atoms with van der Waals surface area (Å²) in [5.41, 5.74) is 3.99. The molecule has 22 heavy (non-hydrogen) atoms. The van der Waals surface area contributed by atoms with Gasteiger partial charge in [-0.15, -0.1) is 0 Å². The molecule has 0 atom stereocenters. The number of Topliss-reactive ketones (excluding diaryl/α,β-unsaturated/α-hetero) is 1. The van der Waals surface area contributed by atoms with Gasteiger partial charge in [0.15, 0.2) is 5.78 Å². The summed E-state index contributed by atoms with van der Waals surface area (Å²) in [6.07, 6.45) is 0. The number of ketones is 1. The van der Waals surface area contributed by atoms with Gasteiger partial charge < -0.3 is 0 Å². The summed E-state index contributed by atoms with van der Waals surface area (Å²) in [7, 11) is 0. The van der Waals surface area contributed by atoms with E-state index in [2.05, 4.69) is 11.1 Å². The molecule has 1 aromatic carbocycles. The molecule has 0 aliphatic carbocycles. The number of hydrogen-bond acceptors (Lipinski definition) is 4. The molecule has 0 amide bonds. The summed E-state index contributed by atoms with van der Waals surface area (Å²) in [6.45, 7) is 5.77. The van der Waals surface area contributed by atoms with Crippen LogP contribution in [0.5, 0.6) is 0 Å². The standard InChI is InChI=1S/C17H15ClN2OS/c1-10-11(2)15(8-19)17(20-12(10)3)22-9-16(21)13-4-6-14(18)7-5-13/h4-7H,9H2,1-3H3. The number of nitriles is 1. The van der Waals surface area contributed by atoms with E-state index >= 15 is 0 Å². The van der Waals surface area contributed by atoms with Gasteiger partial charge >= 0.3 is 0 Å². The summed E-state index contributed by atoms with van der Waals surface area (Å²) in [5.74, 6) is 0.230. The monoisotopic (exact) mass is 330 g/mol. The van der Waals surface area contributed by atoms with Crippen LogP contribution in [0, 0.1) is 32.1 Å². The second-order valence-electron chi connectivity index (χ2n) is 4.96. The smallest absolute Gasteiger partial charge is 0.173 e. The average molecular weight is 331 g/mol. The molecular formula is C17H15ClN2OS. The number of carbonyl (C=O) groups is 1. The van der Waals surface area contributed by atoms with Crippen molar-refractivity contribution in [2.75, 3.05) is 5.75 Å². The van der Waals surface area contributed by atoms with Crippen molar-refractivity contribution < 1.29 is 4.79 Å². The van der Waals surface area contributed by atoms with Gasteiger partial charge in [0.05, 0.1) is 11.3 Å². The summed E-state index contributed by atoms with van der Waals surface area (Å²) >= 11 is 7.12. The number of carbonyl (C=O) groups excluding carboxylic acids is 1. The highest BCUT2D eigenvalue weighted by Crippen LogP contribution is 2.27. The predicted molar refractivity (Wildman–Crippen MR) is 89.7 cm³/mol. The topological polar surface area (TPSA) is 53.8 Å². The Balaban J connectivity index is 2.20. The van der Waals surface area contributed by atoms with Crippen molar-refractivity contribution in [2.24, 2.45) is 0 Å². The zero-order chi connectivity index (χ0) is 16.3. The molecular weight excluding hydrogens is 316 g/mol. The molecule has 2 aromatic rings. The lowest BCUT2D eigenvalue weighted by atomic mass is 10.1. The molecule has 0 fully saturated rings. The fraction of sp³-hybridized carbons (Fsp3) is 0.235. The minimum atomic E-state index is -0.0109. The van der Waals surface area contributed by atoms with Gasteiger partial charge in [-0.2, -0.15) is 5.26 Å². The van der Waals surface area contributed by atoms with Gasteiger partial charge in [0, 0.05) is 16.3 Å². The molecule has 0 unspecified atom stereocenters. The zero-order valence-corrected chi connectivity index (χ0v) is 14.2. The molecule has 1 heterocycles. The van der Waals surface area contributed by atoms with Crippen LogP contribution in [-0.4, -0.2) is 16.5 Å². The molecule has 3 nitrogen and oxygen atoms in total. The van der Waals surface area contributed by atoms with Crippen LogP contribution in [0.4, 0.5) is 0 Å². The van der Waals surface area contributed by atoms with Gasteiger partial charge in [0.1, 0.15) is 11.1 Å². The van der Waals surface area contributed by atoms with Gasteiger partial charge in [-0.05, 0) is 56.2 Å². The lowest BCUT2D eigenvalue weighted by Gasteiger charge is -2.10. The van der Waals surface area contributed by atoms with Crippen LogP contribution in [0.1, 0.15) is 32.7 Å². The van der Waals surface area contributed by atoms with Gasteiger partial charge in [-0.1, -0.05) is 23.4 Å². The molecule has 0 N–H and O–H groups in total. The Kier molecular flexibility index (Phi) is 5.23. The van der Waals surface area contributed by atoms with Crippen LogP contribution in [0.3, 0.4) is 0 Å². The third-order valence-corrected chi connectivity index (χ3v) is 4.81. The highest BCUT2D eigenvalue weighted by Gasteiger charge is 2.15. The second-order valence-corrected chi connectivity index (χ2v) is 6.36. The third-order valence-electron chi connectivity index (χ3n) is 3.58. The fourth-order valence-electron chi connectivity index (χ4n) is 2.00. The summed E-state index contributed by atoms with van der Waals surface area (Å²) in [6, 6.07) is 8.98. The van der Waals surface area contributed by atoms with Gasteiger partial charge in [-0.25, -0.2) is 4.98 Å². The first kappa shape index (κ1) is 16.5. The minimum Gasteiger partial charge on any atom is -0.293 e. The van der Waals surface area contributed by atoms with E-state index in [1.54, 1.807) is 24.3 Å². The maximum Gasteiger partial charge on any atom is 0.173 e. The number of hydrogen-bond donors (Lipinski definition) is 0. The first-order valence-corrected chi connectivity index (χ1v) is 8.10. The molecule has 0 saturated carbocycles. The number of aryl methyl sites for hydroxylation is 1. The Bertz CT molecular complexity index is 764. The van der Waals surface area contributed by atoms with Crippen molar-refractivity contribution in [3.05, 3.63) is 57.2 Å². The van der Waals surface area contributed by atoms with Crippen molar-refractivity contribution in [3.8, 4) is 6.07 Å². The van der Waals surface area contributed by atoms with Gasteiger partial charge in [0.2, 0.25) is 0 Å². The number of pyridine rings is 1. The van der Waals surface area contributed by atoms with E-state index < -0.39 is 0 Å². The van der Waals surface area contributed by atoms with Crippen LogP contribution in [-0.2, 0) is 0 Å². The first-order chi connectivity index (χ1) is 10.4. The van der Waals surface area contributed by atoms with Crippen molar-refractivity contribution in [2.45, 2.75) is 25.8 Å². The largest absolute Gasteiger partial charge is 0.293 e. The quantitative estimate of drug-likeness (QED) is 0.611. The summed E-state index contributed by atoms with van der Waals surface area (Å²) < 4.78 is 0. The molecule has 0 spiro atoms. The maximum absolute atomic E-state index is 12.2. The van der Waals surface area contributed by atoms with Crippen molar-refractivity contribution in [1.29, 1.82) is 5.26 Å². The van der Waals surface area contributed by atoms with Crippen molar-refractivity contribution >= 4 is 29.1 Å². The zero-order valence-electron chi connectivity index (χ0n) is 12.6. The Morgan fingerprint density at radius 3 is 2.45 bits per heavy atom. The van der Waals surface area contributed by atoms with Crippen LogP contribution in [0.25, 0.3) is 0 Å². The molecule has 0 saturated heterocycles. The van der Waals surface area contributed by atoms with E-state index in [9.17, 15) is 10.1 Å². The third kappa shape index (κ3) is 3.49. The molecule has 0 radical (unpaired) electrons. The van der Waals surface area contributed by atoms with Crippen molar-refractivity contribution in [3.63, 3.8) is 0 Å². The second kappa shape index (κ2) is 6.95. The molecule has 0 aliphatic rings. The predicted octanol–water partition coefficient (Wildman–Crippen LogP) is 4.51. The molecule has 0 bridgehead atoms. The molecule has 5 heteroatoms. The van der Waals surface area contributed by atoms with E-state index in [4.69, 9.17) is 11.6 Å². The lowest BCUT2D eigenvalue weighted by molar-refractivity contribution is 0.102. The van der Waals surface area contributed by atoms with Gasteiger partial charge in [0.25, 0.3) is 0 Å². The molecule has 112 valence electrons. The van der Waals surface area contributed by atoms with E-state index in [-0.39, 0.29) is 11.5 Å². The number of halogens is 1. The highest BCUT2D eigenvalue weighted by atomic mass is 35.5. The normalized spacial score (nSPS) is 10.3. The maximum atomic E-state index is 12.2. The van der Waals surface area contributed by atoms with E-state index in [1.807, 2.05) is 20.8 Å². The SMILES string of the molecule is Cc1nc(SCC(=O)c2ccc(Cl)cc2)c(C#N)c(C)c1C. The number of aromatic nitrogens is 1. The number of nitrogens with zero attached hydrogens (tertiary/aromatic N) is 2. The molecule has 0 aliphatic heterocycles. The van der Waals surface area contributed by atoms with E-state index in [1.165, 1.54) is 11.8 Å². The minimum absolute atomic E-state index is 0.0109. The number of thioether (sulfide) groups is 1. The van der Waals surface area contributed by atoms with E-state index in [0.29, 0.717) is 21.2 Å². The first-order valence-electron chi connectivity index (χ1n) is 6.73. The van der Waals surface area contributed by atoms with Gasteiger partial charge in [-0.3, -0.25) is 4.79 Å². The highest BCUT2D eigenvalue weighted by molar-refractivity contribution is 8.00. The van der Waals surface area contributed by atoms with Crippen LogP contribution in [0.15, 0.2) is 29.3 Å². The lowest BCUT2D eigenvalue weighted by Crippen LogP contribution is -2.05. The summed E-state index contributed by atoms with van der Waals surface area (Å²) in [5, 5.41) is 10.5. The number of rotatable bonds is 4.